The number of aromatic nitrogens is 2. The van der Waals surface area contributed by atoms with E-state index in [0.29, 0.717) is 19.8 Å². The number of thioether (sulfide) groups is 1. The zero-order valence-corrected chi connectivity index (χ0v) is 14.7. The number of rotatable bonds is 6. The van der Waals surface area contributed by atoms with Gasteiger partial charge in [-0.3, -0.25) is 9.48 Å². The fraction of sp³-hybridized carbons (Fsp3) is 0.412. The van der Waals surface area contributed by atoms with E-state index in [4.69, 9.17) is 9.47 Å². The average Bonchev–Trinajstić information content (AvgIpc) is 2.90. The molecular formula is C17H21N3O3S. The van der Waals surface area contributed by atoms with Gasteiger partial charge in [0.25, 0.3) is 5.91 Å². The molecule has 1 aliphatic rings. The van der Waals surface area contributed by atoms with Gasteiger partial charge in [-0.05, 0) is 19.1 Å². The van der Waals surface area contributed by atoms with Gasteiger partial charge < -0.3 is 14.4 Å². The molecule has 0 spiro atoms. The van der Waals surface area contributed by atoms with E-state index < -0.39 is 0 Å². The van der Waals surface area contributed by atoms with Crippen LogP contribution in [0.1, 0.15) is 5.69 Å². The highest BCUT2D eigenvalue weighted by Gasteiger charge is 2.28. The Morgan fingerprint density at radius 1 is 1.29 bits per heavy atom. The van der Waals surface area contributed by atoms with Crippen molar-refractivity contribution in [1.29, 1.82) is 0 Å². The third kappa shape index (κ3) is 3.73. The molecule has 6 nitrogen and oxygen atoms in total. The van der Waals surface area contributed by atoms with Crippen LogP contribution in [0.5, 0.6) is 5.75 Å². The molecule has 0 saturated carbocycles. The van der Waals surface area contributed by atoms with E-state index in [1.165, 1.54) is 0 Å². The third-order valence-electron chi connectivity index (χ3n) is 3.73. The second kappa shape index (κ2) is 7.72. The Bertz CT molecular complexity index is 703. The third-order valence-corrected chi connectivity index (χ3v) is 4.85. The molecule has 1 aliphatic heterocycles. The van der Waals surface area contributed by atoms with Crippen LogP contribution in [-0.2, 0) is 16.6 Å². The second-order valence-electron chi connectivity index (χ2n) is 5.47. The molecule has 7 heteroatoms. The number of amides is 1. The molecule has 0 N–H and O–H groups in total. The molecule has 3 rings (SSSR count). The lowest BCUT2D eigenvalue weighted by atomic mass is 10.3. The summed E-state index contributed by atoms with van der Waals surface area (Å²) < 4.78 is 12.9. The van der Waals surface area contributed by atoms with Gasteiger partial charge in [-0.15, -0.1) is 11.8 Å². The van der Waals surface area contributed by atoms with Crippen LogP contribution in [0.15, 0.2) is 35.4 Å². The molecule has 128 valence electrons. The molecule has 0 unspecified atom stereocenters. The maximum atomic E-state index is 12.5. The summed E-state index contributed by atoms with van der Waals surface area (Å²) in [6, 6.07) is 9.56. The first kappa shape index (κ1) is 16.9. The first-order valence-corrected chi connectivity index (χ1v) is 8.87. The van der Waals surface area contributed by atoms with Gasteiger partial charge in [-0.2, -0.15) is 5.10 Å². The van der Waals surface area contributed by atoms with Crippen LogP contribution in [0.2, 0.25) is 0 Å². The summed E-state index contributed by atoms with van der Waals surface area (Å²) in [5, 5.41) is 5.45. The van der Waals surface area contributed by atoms with Gasteiger partial charge in [0.15, 0.2) is 0 Å². The Balaban J connectivity index is 1.48. The van der Waals surface area contributed by atoms with Crippen LogP contribution in [0.4, 0.5) is 5.69 Å². The second-order valence-corrected chi connectivity index (χ2v) is 6.55. The van der Waals surface area contributed by atoms with Gasteiger partial charge in [0.05, 0.1) is 18.0 Å². The van der Waals surface area contributed by atoms with Gasteiger partial charge in [0, 0.05) is 19.3 Å². The summed E-state index contributed by atoms with van der Waals surface area (Å²) in [5.74, 6) is 1.64. The van der Waals surface area contributed by atoms with Crippen molar-refractivity contribution in [3.05, 3.63) is 36.0 Å². The first-order chi connectivity index (χ1) is 11.7. The van der Waals surface area contributed by atoms with Crippen LogP contribution >= 0.6 is 11.8 Å². The molecule has 2 heterocycles. The highest BCUT2D eigenvalue weighted by atomic mass is 32.2. The standard InChI is InChI=1S/C17H21N3O3S/c1-13-16-17(19(2)18-13)24-11-8-20(16)15(21)12-22-9-10-23-14-6-4-3-5-7-14/h3-7H,8-12H2,1-2H3. The number of para-hydroxylation sites is 1. The van der Waals surface area contributed by atoms with Crippen molar-refractivity contribution in [2.24, 2.45) is 7.05 Å². The molecule has 24 heavy (non-hydrogen) atoms. The number of ether oxygens (including phenoxy) is 2. The zero-order valence-electron chi connectivity index (χ0n) is 13.9. The molecule has 0 radical (unpaired) electrons. The molecule has 1 amide bonds. The zero-order chi connectivity index (χ0) is 16.9. The summed E-state index contributed by atoms with van der Waals surface area (Å²) in [4.78, 5) is 14.3. The maximum absolute atomic E-state index is 12.5. The number of nitrogens with zero attached hydrogens (tertiary/aromatic N) is 3. The largest absolute Gasteiger partial charge is 0.491 e. The number of aryl methyl sites for hydroxylation is 2. The van der Waals surface area contributed by atoms with Crippen LogP contribution in [0.3, 0.4) is 0 Å². The smallest absolute Gasteiger partial charge is 0.253 e. The minimum absolute atomic E-state index is 0.0349. The molecule has 2 aromatic rings. The predicted molar refractivity (Wildman–Crippen MR) is 93.8 cm³/mol. The van der Waals surface area contributed by atoms with Crippen molar-refractivity contribution < 1.29 is 14.3 Å². The molecule has 0 atom stereocenters. The Labute approximate surface area is 145 Å². The van der Waals surface area contributed by atoms with Crippen molar-refractivity contribution in [1.82, 2.24) is 9.78 Å². The van der Waals surface area contributed by atoms with E-state index in [9.17, 15) is 4.79 Å². The highest BCUT2D eigenvalue weighted by molar-refractivity contribution is 7.99. The fourth-order valence-corrected chi connectivity index (χ4v) is 3.76. The van der Waals surface area contributed by atoms with E-state index in [0.717, 1.165) is 27.9 Å². The fourth-order valence-electron chi connectivity index (χ4n) is 2.67. The van der Waals surface area contributed by atoms with E-state index in [2.05, 4.69) is 5.10 Å². The number of anilines is 1. The Morgan fingerprint density at radius 3 is 2.88 bits per heavy atom. The van der Waals surface area contributed by atoms with E-state index in [-0.39, 0.29) is 12.5 Å². The molecule has 0 fully saturated rings. The van der Waals surface area contributed by atoms with Crippen LogP contribution in [-0.4, -0.2) is 47.8 Å². The van der Waals surface area contributed by atoms with E-state index in [1.54, 1.807) is 16.7 Å². The van der Waals surface area contributed by atoms with Crippen molar-refractivity contribution >= 4 is 23.4 Å². The summed E-state index contributed by atoms with van der Waals surface area (Å²) in [6.07, 6.45) is 0. The quantitative estimate of drug-likeness (QED) is 0.750. The number of carbonyl (C=O) groups is 1. The minimum atomic E-state index is -0.0349. The van der Waals surface area contributed by atoms with Crippen molar-refractivity contribution in [2.45, 2.75) is 11.9 Å². The molecule has 1 aromatic carbocycles. The van der Waals surface area contributed by atoms with Gasteiger partial charge in [-0.1, -0.05) is 18.2 Å². The molecular weight excluding hydrogens is 326 g/mol. The summed E-state index contributed by atoms with van der Waals surface area (Å²) in [5.41, 5.74) is 1.79. The Kier molecular flexibility index (Phi) is 5.42. The van der Waals surface area contributed by atoms with Gasteiger partial charge >= 0.3 is 0 Å². The SMILES string of the molecule is Cc1nn(C)c2c1N(C(=O)COCCOc1ccccc1)CCS2. The van der Waals surface area contributed by atoms with E-state index in [1.807, 2.05) is 49.0 Å². The normalized spacial score (nSPS) is 13.7. The molecule has 0 bridgehead atoms. The average molecular weight is 347 g/mol. The van der Waals surface area contributed by atoms with E-state index >= 15 is 0 Å². The van der Waals surface area contributed by atoms with Crippen LogP contribution in [0, 0.1) is 6.92 Å². The topological polar surface area (TPSA) is 56.6 Å². The minimum Gasteiger partial charge on any atom is -0.491 e. The summed E-state index contributed by atoms with van der Waals surface area (Å²) in [6.45, 7) is 3.47. The van der Waals surface area contributed by atoms with Crippen LogP contribution < -0.4 is 9.64 Å². The lowest BCUT2D eigenvalue weighted by molar-refractivity contribution is -0.123. The predicted octanol–water partition coefficient (Wildman–Crippen LogP) is 2.26. The molecule has 1 aromatic heterocycles. The number of fused-ring (bicyclic) bond motifs is 1. The van der Waals surface area contributed by atoms with Crippen molar-refractivity contribution in [2.75, 3.05) is 37.0 Å². The van der Waals surface area contributed by atoms with Gasteiger partial charge in [-0.25, -0.2) is 0 Å². The number of carbonyl (C=O) groups excluding carboxylic acids is 1. The first-order valence-electron chi connectivity index (χ1n) is 7.89. The Morgan fingerprint density at radius 2 is 2.08 bits per heavy atom. The number of hydrogen-bond donors (Lipinski definition) is 0. The number of benzene rings is 1. The maximum Gasteiger partial charge on any atom is 0.253 e. The van der Waals surface area contributed by atoms with Crippen molar-refractivity contribution in [3.63, 3.8) is 0 Å². The molecule has 0 saturated heterocycles. The highest BCUT2D eigenvalue weighted by Crippen LogP contribution is 2.36. The number of hydrogen-bond acceptors (Lipinski definition) is 5. The lowest BCUT2D eigenvalue weighted by Crippen LogP contribution is -2.38. The Hall–Kier alpha value is -1.99. The monoisotopic (exact) mass is 347 g/mol. The van der Waals surface area contributed by atoms with Crippen LogP contribution in [0.25, 0.3) is 0 Å². The van der Waals surface area contributed by atoms with Crippen molar-refractivity contribution in [3.8, 4) is 5.75 Å². The summed E-state index contributed by atoms with van der Waals surface area (Å²) in [7, 11) is 1.91. The van der Waals surface area contributed by atoms with Gasteiger partial charge in [0.2, 0.25) is 0 Å². The molecule has 0 aliphatic carbocycles. The lowest BCUT2D eigenvalue weighted by Gasteiger charge is -2.27. The summed E-state index contributed by atoms with van der Waals surface area (Å²) >= 11 is 1.73. The van der Waals surface area contributed by atoms with Gasteiger partial charge in [0.1, 0.15) is 24.0 Å².